The highest BCUT2D eigenvalue weighted by Crippen LogP contribution is 2.28. The van der Waals surface area contributed by atoms with E-state index in [-0.39, 0.29) is 0 Å². The zero-order chi connectivity index (χ0) is 13.1. The smallest absolute Gasteiger partial charge is 0.144 e. The highest BCUT2D eigenvalue weighted by molar-refractivity contribution is 9.10. The summed E-state index contributed by atoms with van der Waals surface area (Å²) in [6.45, 7) is 4.23. The zero-order valence-corrected chi connectivity index (χ0v) is 12.5. The molecule has 0 radical (unpaired) electrons. The average Bonchev–Trinajstić information content (AvgIpc) is 2.81. The number of rotatable bonds is 4. The lowest BCUT2D eigenvalue weighted by Gasteiger charge is -2.11. The van der Waals surface area contributed by atoms with Gasteiger partial charge in [-0.15, -0.1) is 0 Å². The predicted octanol–water partition coefficient (Wildman–Crippen LogP) is 3.77. The SMILES string of the molecule is CCc1cn(-c2ccc(Br)cc2OC)c(CC)n1. The Bertz CT molecular complexity index is 549. The van der Waals surface area contributed by atoms with Crippen molar-refractivity contribution in [3.63, 3.8) is 0 Å². The summed E-state index contributed by atoms with van der Waals surface area (Å²) in [5.74, 6) is 1.91. The minimum absolute atomic E-state index is 0.846. The first-order valence-electron chi connectivity index (χ1n) is 6.10. The molecule has 0 atom stereocenters. The van der Waals surface area contributed by atoms with Gasteiger partial charge in [-0.3, -0.25) is 4.57 Å². The van der Waals surface area contributed by atoms with Crippen molar-refractivity contribution >= 4 is 15.9 Å². The van der Waals surface area contributed by atoms with Crippen LogP contribution in [0.25, 0.3) is 5.69 Å². The Morgan fingerprint density at radius 2 is 2.06 bits per heavy atom. The van der Waals surface area contributed by atoms with E-state index in [1.807, 2.05) is 18.2 Å². The van der Waals surface area contributed by atoms with Gasteiger partial charge in [-0.25, -0.2) is 4.98 Å². The summed E-state index contributed by atoms with van der Waals surface area (Å²) in [4.78, 5) is 4.62. The number of methoxy groups -OCH3 is 1. The van der Waals surface area contributed by atoms with Crippen LogP contribution in [0.5, 0.6) is 5.75 Å². The van der Waals surface area contributed by atoms with Crippen LogP contribution in [0.1, 0.15) is 25.4 Å². The molecular formula is C14H17BrN2O. The fraction of sp³-hybridized carbons (Fsp3) is 0.357. The monoisotopic (exact) mass is 308 g/mol. The van der Waals surface area contributed by atoms with Crippen molar-refractivity contribution < 1.29 is 4.74 Å². The third-order valence-corrected chi connectivity index (χ3v) is 3.40. The van der Waals surface area contributed by atoms with E-state index in [0.29, 0.717) is 0 Å². The standard InChI is InChI=1S/C14H17BrN2O/c1-4-11-9-17(14(5-2)16-11)12-7-6-10(15)8-13(12)18-3/h6-9H,4-5H2,1-3H3. The van der Waals surface area contributed by atoms with E-state index in [9.17, 15) is 0 Å². The zero-order valence-electron chi connectivity index (χ0n) is 10.9. The van der Waals surface area contributed by atoms with E-state index in [1.54, 1.807) is 7.11 Å². The van der Waals surface area contributed by atoms with Gasteiger partial charge in [0, 0.05) is 17.1 Å². The Labute approximate surface area is 116 Å². The predicted molar refractivity (Wildman–Crippen MR) is 76.6 cm³/mol. The van der Waals surface area contributed by atoms with Crippen molar-refractivity contribution in [3.8, 4) is 11.4 Å². The minimum atomic E-state index is 0.846. The van der Waals surface area contributed by atoms with E-state index >= 15 is 0 Å². The maximum Gasteiger partial charge on any atom is 0.144 e. The molecule has 3 nitrogen and oxygen atoms in total. The Balaban J connectivity index is 2.56. The van der Waals surface area contributed by atoms with Gasteiger partial charge in [0.25, 0.3) is 0 Å². The largest absolute Gasteiger partial charge is 0.495 e. The molecule has 0 aliphatic heterocycles. The van der Waals surface area contributed by atoms with Crippen molar-refractivity contribution in [3.05, 3.63) is 40.4 Å². The summed E-state index contributed by atoms with van der Waals surface area (Å²) >= 11 is 3.46. The highest BCUT2D eigenvalue weighted by Gasteiger charge is 2.11. The summed E-state index contributed by atoms with van der Waals surface area (Å²) in [7, 11) is 1.69. The number of benzene rings is 1. The Morgan fingerprint density at radius 1 is 1.28 bits per heavy atom. The maximum absolute atomic E-state index is 5.44. The third-order valence-electron chi connectivity index (χ3n) is 2.91. The molecule has 0 aliphatic rings. The molecule has 0 amide bonds. The molecule has 1 aromatic heterocycles. The van der Waals surface area contributed by atoms with E-state index in [4.69, 9.17) is 4.74 Å². The number of hydrogen-bond acceptors (Lipinski definition) is 2. The molecule has 2 rings (SSSR count). The van der Waals surface area contributed by atoms with E-state index < -0.39 is 0 Å². The summed E-state index contributed by atoms with van der Waals surface area (Å²) < 4.78 is 8.57. The third kappa shape index (κ3) is 2.43. The summed E-state index contributed by atoms with van der Waals surface area (Å²) in [6, 6.07) is 6.03. The van der Waals surface area contributed by atoms with Crippen LogP contribution in [-0.4, -0.2) is 16.7 Å². The normalized spacial score (nSPS) is 10.7. The van der Waals surface area contributed by atoms with Gasteiger partial charge in [0.15, 0.2) is 0 Å². The maximum atomic E-state index is 5.44. The molecule has 0 spiro atoms. The second kappa shape index (κ2) is 5.57. The molecule has 4 heteroatoms. The topological polar surface area (TPSA) is 27.1 Å². The van der Waals surface area contributed by atoms with Gasteiger partial charge in [-0.05, 0) is 24.6 Å². The highest BCUT2D eigenvalue weighted by atomic mass is 79.9. The van der Waals surface area contributed by atoms with Crippen molar-refractivity contribution in [1.29, 1.82) is 0 Å². The van der Waals surface area contributed by atoms with Crippen LogP contribution in [0.15, 0.2) is 28.9 Å². The lowest BCUT2D eigenvalue weighted by atomic mass is 10.2. The molecule has 2 aromatic rings. The molecule has 0 bridgehead atoms. The minimum Gasteiger partial charge on any atom is -0.495 e. The first-order valence-corrected chi connectivity index (χ1v) is 6.90. The van der Waals surface area contributed by atoms with Crippen molar-refractivity contribution in [2.45, 2.75) is 26.7 Å². The van der Waals surface area contributed by atoms with Gasteiger partial charge in [0.1, 0.15) is 11.6 Å². The number of imidazole rings is 1. The van der Waals surface area contributed by atoms with Gasteiger partial charge in [-0.2, -0.15) is 0 Å². The second-order valence-corrected chi connectivity index (χ2v) is 4.96. The van der Waals surface area contributed by atoms with Crippen molar-refractivity contribution in [1.82, 2.24) is 9.55 Å². The van der Waals surface area contributed by atoms with E-state index in [1.165, 1.54) is 0 Å². The Morgan fingerprint density at radius 3 is 2.67 bits per heavy atom. The molecule has 0 fully saturated rings. The van der Waals surface area contributed by atoms with Crippen LogP contribution >= 0.6 is 15.9 Å². The molecule has 18 heavy (non-hydrogen) atoms. The number of ether oxygens (including phenoxy) is 1. The fourth-order valence-electron chi connectivity index (χ4n) is 1.95. The van der Waals surface area contributed by atoms with Crippen LogP contribution in [0.2, 0.25) is 0 Å². The van der Waals surface area contributed by atoms with E-state index in [2.05, 4.69) is 45.5 Å². The number of halogens is 1. The van der Waals surface area contributed by atoms with Gasteiger partial charge < -0.3 is 4.74 Å². The Kier molecular flexibility index (Phi) is 4.07. The lowest BCUT2D eigenvalue weighted by molar-refractivity contribution is 0.412. The number of hydrogen-bond donors (Lipinski definition) is 0. The van der Waals surface area contributed by atoms with Gasteiger partial charge in [0.05, 0.1) is 18.5 Å². The van der Waals surface area contributed by atoms with Crippen LogP contribution in [0, 0.1) is 0 Å². The number of nitrogens with zero attached hydrogens (tertiary/aromatic N) is 2. The fourth-order valence-corrected chi connectivity index (χ4v) is 2.29. The molecule has 0 saturated heterocycles. The van der Waals surface area contributed by atoms with Crippen LogP contribution in [-0.2, 0) is 12.8 Å². The van der Waals surface area contributed by atoms with Crippen LogP contribution < -0.4 is 4.74 Å². The van der Waals surface area contributed by atoms with E-state index in [0.717, 1.165) is 40.3 Å². The molecule has 1 aromatic carbocycles. The molecular weight excluding hydrogens is 292 g/mol. The second-order valence-electron chi connectivity index (χ2n) is 4.04. The molecule has 0 aliphatic carbocycles. The average molecular weight is 309 g/mol. The van der Waals surface area contributed by atoms with Gasteiger partial charge >= 0.3 is 0 Å². The van der Waals surface area contributed by atoms with Crippen molar-refractivity contribution in [2.24, 2.45) is 0 Å². The number of aromatic nitrogens is 2. The first kappa shape index (κ1) is 13.1. The van der Waals surface area contributed by atoms with Crippen molar-refractivity contribution in [2.75, 3.05) is 7.11 Å². The summed E-state index contributed by atoms with van der Waals surface area (Å²) in [5, 5.41) is 0. The first-order chi connectivity index (χ1) is 8.69. The summed E-state index contributed by atoms with van der Waals surface area (Å²) in [5.41, 5.74) is 2.14. The molecule has 0 saturated carbocycles. The van der Waals surface area contributed by atoms with Crippen LogP contribution in [0.4, 0.5) is 0 Å². The molecule has 96 valence electrons. The molecule has 0 unspecified atom stereocenters. The number of aryl methyl sites for hydroxylation is 2. The Hall–Kier alpha value is -1.29. The quantitative estimate of drug-likeness (QED) is 0.859. The lowest BCUT2D eigenvalue weighted by Crippen LogP contribution is -2.01. The van der Waals surface area contributed by atoms with Gasteiger partial charge in [0.2, 0.25) is 0 Å². The van der Waals surface area contributed by atoms with Gasteiger partial charge in [-0.1, -0.05) is 29.8 Å². The van der Waals surface area contributed by atoms with Crippen LogP contribution in [0.3, 0.4) is 0 Å². The molecule has 0 N–H and O–H groups in total. The molecule has 1 heterocycles. The summed E-state index contributed by atoms with van der Waals surface area (Å²) in [6.07, 6.45) is 3.93.